The van der Waals surface area contributed by atoms with Gasteiger partial charge in [0.25, 0.3) is 5.91 Å². The molecule has 0 unspecified atom stereocenters. The van der Waals surface area contributed by atoms with Crippen LogP contribution in [0.25, 0.3) is 16.6 Å². The van der Waals surface area contributed by atoms with Crippen LogP contribution in [-0.4, -0.2) is 41.1 Å². The Bertz CT molecular complexity index is 1290. The number of amides is 1. The number of fused-ring (bicyclic) bond motifs is 1. The zero-order chi connectivity index (χ0) is 23.6. The van der Waals surface area contributed by atoms with Crippen LogP contribution in [0, 0.1) is 0 Å². The van der Waals surface area contributed by atoms with Crippen LogP contribution in [0.2, 0.25) is 0 Å². The summed E-state index contributed by atoms with van der Waals surface area (Å²) in [5, 5.41) is 7.87. The van der Waals surface area contributed by atoms with E-state index in [2.05, 4.69) is 10.4 Å². The molecule has 1 amide bonds. The molecular weight excluding hydrogens is 437 g/mol. The highest BCUT2D eigenvalue weighted by Crippen LogP contribution is 2.31. The van der Waals surface area contributed by atoms with Gasteiger partial charge in [-0.05, 0) is 42.5 Å². The second-order valence-corrected chi connectivity index (χ2v) is 7.27. The standard InChI is InChI=1S/C23H21F3N4O3/c1-32-11-10-29-9-8-15-12-17(6-7-19(15)29)27-22(31)21-20(33-2)14-30(28-21)18-5-3-4-16(13-18)23(24,25)26/h3-9,12-14H,10-11H2,1-2H3,(H,27,31). The van der Waals surface area contributed by atoms with Gasteiger partial charge < -0.3 is 19.4 Å². The van der Waals surface area contributed by atoms with Crippen LogP contribution in [0.5, 0.6) is 5.75 Å². The molecule has 0 fully saturated rings. The fourth-order valence-corrected chi connectivity index (χ4v) is 3.47. The molecule has 2 aromatic heterocycles. The van der Waals surface area contributed by atoms with Crippen molar-refractivity contribution in [2.45, 2.75) is 12.7 Å². The Labute approximate surface area is 187 Å². The predicted molar refractivity (Wildman–Crippen MR) is 117 cm³/mol. The van der Waals surface area contributed by atoms with Crippen molar-refractivity contribution >= 4 is 22.5 Å². The van der Waals surface area contributed by atoms with E-state index in [9.17, 15) is 18.0 Å². The maximum Gasteiger partial charge on any atom is 0.416 e. The quantitative estimate of drug-likeness (QED) is 0.434. The van der Waals surface area contributed by atoms with Crippen molar-refractivity contribution in [3.63, 3.8) is 0 Å². The van der Waals surface area contributed by atoms with E-state index >= 15 is 0 Å². The van der Waals surface area contributed by atoms with Crippen LogP contribution in [0.3, 0.4) is 0 Å². The molecule has 0 aliphatic carbocycles. The van der Waals surface area contributed by atoms with Crippen molar-refractivity contribution in [3.8, 4) is 11.4 Å². The molecule has 0 spiro atoms. The third-order valence-corrected chi connectivity index (χ3v) is 5.12. The Kier molecular flexibility index (Phi) is 6.10. The van der Waals surface area contributed by atoms with Gasteiger partial charge in [-0.15, -0.1) is 0 Å². The van der Waals surface area contributed by atoms with Gasteiger partial charge in [0, 0.05) is 36.4 Å². The maximum absolute atomic E-state index is 13.1. The lowest BCUT2D eigenvalue weighted by Crippen LogP contribution is -2.14. The van der Waals surface area contributed by atoms with Crippen LogP contribution in [0.4, 0.5) is 18.9 Å². The molecule has 1 N–H and O–H groups in total. The van der Waals surface area contributed by atoms with Gasteiger partial charge in [0.05, 0.1) is 31.2 Å². The second kappa shape index (κ2) is 8.99. The van der Waals surface area contributed by atoms with E-state index in [0.717, 1.165) is 23.0 Å². The van der Waals surface area contributed by atoms with E-state index in [1.54, 1.807) is 13.2 Å². The van der Waals surface area contributed by atoms with E-state index in [0.29, 0.717) is 18.8 Å². The molecule has 0 radical (unpaired) electrons. The van der Waals surface area contributed by atoms with Gasteiger partial charge in [-0.3, -0.25) is 4.79 Å². The zero-order valence-corrected chi connectivity index (χ0v) is 17.9. The van der Waals surface area contributed by atoms with E-state index in [-0.39, 0.29) is 17.1 Å². The highest BCUT2D eigenvalue weighted by molar-refractivity contribution is 6.05. The zero-order valence-electron chi connectivity index (χ0n) is 17.9. The Morgan fingerprint density at radius 2 is 1.94 bits per heavy atom. The number of nitrogens with one attached hydrogen (secondary N) is 1. The van der Waals surface area contributed by atoms with Gasteiger partial charge in [-0.25, -0.2) is 4.68 Å². The van der Waals surface area contributed by atoms with E-state index in [1.165, 1.54) is 30.1 Å². The number of carbonyl (C=O) groups is 1. The maximum atomic E-state index is 13.1. The Morgan fingerprint density at radius 3 is 2.67 bits per heavy atom. The molecule has 10 heteroatoms. The predicted octanol–water partition coefficient (Wildman–Crippen LogP) is 4.75. The third kappa shape index (κ3) is 4.70. The number of aromatic nitrogens is 3. The number of benzene rings is 2. The molecule has 2 heterocycles. The number of rotatable bonds is 7. The molecule has 0 aliphatic rings. The summed E-state index contributed by atoms with van der Waals surface area (Å²) in [6.45, 7) is 1.28. The van der Waals surface area contributed by atoms with Gasteiger partial charge >= 0.3 is 6.18 Å². The fourth-order valence-electron chi connectivity index (χ4n) is 3.47. The first-order chi connectivity index (χ1) is 15.8. The van der Waals surface area contributed by atoms with Gasteiger partial charge in [0.15, 0.2) is 11.4 Å². The normalized spacial score (nSPS) is 11.7. The molecule has 0 saturated carbocycles. The van der Waals surface area contributed by atoms with Gasteiger partial charge in [0.2, 0.25) is 0 Å². The molecule has 0 aliphatic heterocycles. The van der Waals surface area contributed by atoms with Crippen LogP contribution in [0.15, 0.2) is 60.9 Å². The highest BCUT2D eigenvalue weighted by atomic mass is 19.4. The Morgan fingerprint density at radius 1 is 1.12 bits per heavy atom. The van der Waals surface area contributed by atoms with Crippen molar-refractivity contribution < 1.29 is 27.4 Å². The van der Waals surface area contributed by atoms with Crippen molar-refractivity contribution in [1.82, 2.24) is 14.3 Å². The van der Waals surface area contributed by atoms with Crippen molar-refractivity contribution in [2.24, 2.45) is 0 Å². The minimum Gasteiger partial charge on any atom is -0.493 e. The molecule has 7 nitrogen and oxygen atoms in total. The number of nitrogens with zero attached hydrogens (tertiary/aromatic N) is 3. The van der Waals surface area contributed by atoms with Crippen molar-refractivity contribution in [3.05, 3.63) is 72.2 Å². The van der Waals surface area contributed by atoms with E-state index < -0.39 is 17.6 Å². The third-order valence-electron chi connectivity index (χ3n) is 5.12. The largest absolute Gasteiger partial charge is 0.493 e. The van der Waals surface area contributed by atoms with E-state index in [4.69, 9.17) is 9.47 Å². The topological polar surface area (TPSA) is 70.3 Å². The van der Waals surface area contributed by atoms with Crippen LogP contribution < -0.4 is 10.1 Å². The minimum atomic E-state index is -4.49. The first kappa shape index (κ1) is 22.4. The lowest BCUT2D eigenvalue weighted by Gasteiger charge is -2.08. The van der Waals surface area contributed by atoms with Gasteiger partial charge in [-0.2, -0.15) is 18.3 Å². The lowest BCUT2D eigenvalue weighted by molar-refractivity contribution is -0.137. The summed E-state index contributed by atoms with van der Waals surface area (Å²) in [6.07, 6.45) is -1.19. The first-order valence-electron chi connectivity index (χ1n) is 10.0. The Hall–Kier alpha value is -3.79. The number of anilines is 1. The fraction of sp³-hybridized carbons (Fsp3) is 0.217. The molecular formula is C23H21F3N4O3. The van der Waals surface area contributed by atoms with Crippen LogP contribution in [-0.2, 0) is 17.5 Å². The molecule has 4 rings (SSSR count). The second-order valence-electron chi connectivity index (χ2n) is 7.27. The summed E-state index contributed by atoms with van der Waals surface area (Å²) in [5.41, 5.74) is 0.837. The van der Waals surface area contributed by atoms with Crippen molar-refractivity contribution in [2.75, 3.05) is 26.1 Å². The summed E-state index contributed by atoms with van der Waals surface area (Å²) in [5.74, 6) is -0.410. The summed E-state index contributed by atoms with van der Waals surface area (Å²) >= 11 is 0. The number of carbonyl (C=O) groups excluding carboxylic acids is 1. The molecule has 2 aromatic carbocycles. The molecule has 172 valence electrons. The van der Waals surface area contributed by atoms with Gasteiger partial charge in [0.1, 0.15) is 0 Å². The smallest absolute Gasteiger partial charge is 0.416 e. The SMILES string of the molecule is COCCn1ccc2cc(NC(=O)c3nn(-c4cccc(C(F)(F)F)c4)cc3OC)ccc21. The number of hydrogen-bond acceptors (Lipinski definition) is 4. The van der Waals surface area contributed by atoms with Gasteiger partial charge in [-0.1, -0.05) is 6.07 Å². The monoisotopic (exact) mass is 458 g/mol. The number of halogens is 3. The van der Waals surface area contributed by atoms with Crippen molar-refractivity contribution in [1.29, 1.82) is 0 Å². The first-order valence-corrected chi connectivity index (χ1v) is 10.0. The number of hydrogen-bond donors (Lipinski definition) is 1. The number of alkyl halides is 3. The summed E-state index contributed by atoms with van der Waals surface area (Å²) in [7, 11) is 3.00. The number of methoxy groups -OCH3 is 2. The molecule has 0 saturated heterocycles. The summed E-state index contributed by atoms with van der Waals surface area (Å²) in [6, 6.07) is 12.1. The highest BCUT2D eigenvalue weighted by Gasteiger charge is 2.30. The summed E-state index contributed by atoms with van der Waals surface area (Å²) in [4.78, 5) is 12.9. The Balaban J connectivity index is 1.58. The van der Waals surface area contributed by atoms with E-state index in [1.807, 2.05) is 29.0 Å². The molecule has 0 bridgehead atoms. The van der Waals surface area contributed by atoms with Crippen LogP contribution in [0.1, 0.15) is 16.1 Å². The van der Waals surface area contributed by atoms with Crippen LogP contribution >= 0.6 is 0 Å². The lowest BCUT2D eigenvalue weighted by atomic mass is 10.2. The minimum absolute atomic E-state index is 0.0485. The number of ether oxygens (including phenoxy) is 2. The molecule has 4 aromatic rings. The average Bonchev–Trinajstić information content (AvgIpc) is 3.41. The molecule has 0 atom stereocenters. The molecule has 33 heavy (non-hydrogen) atoms. The average molecular weight is 458 g/mol. The summed E-state index contributed by atoms with van der Waals surface area (Å²) < 4.78 is 52.7.